The summed E-state index contributed by atoms with van der Waals surface area (Å²) in [6.45, 7) is 2.57. The van der Waals surface area contributed by atoms with E-state index in [0.717, 1.165) is 12.1 Å². The van der Waals surface area contributed by atoms with E-state index in [-0.39, 0.29) is 18.3 Å². The lowest BCUT2D eigenvalue weighted by Crippen LogP contribution is -2.53. The SMILES string of the molecule is CCOC(C(N)Nc1ccccc1Cl)[C@H](N)CC1CCCCC1. The van der Waals surface area contributed by atoms with Crippen LogP contribution < -0.4 is 16.8 Å². The molecule has 1 aromatic rings. The van der Waals surface area contributed by atoms with Crippen LogP contribution in [0.3, 0.4) is 0 Å². The number of anilines is 1. The Hall–Kier alpha value is -0.810. The van der Waals surface area contributed by atoms with E-state index in [1.807, 2.05) is 31.2 Å². The number of hydrogen-bond acceptors (Lipinski definition) is 4. The van der Waals surface area contributed by atoms with Crippen molar-refractivity contribution in [2.75, 3.05) is 11.9 Å². The van der Waals surface area contributed by atoms with Gasteiger partial charge in [-0.2, -0.15) is 0 Å². The Bertz CT molecular complexity index is 465. The van der Waals surface area contributed by atoms with E-state index in [2.05, 4.69) is 5.32 Å². The zero-order valence-corrected chi connectivity index (χ0v) is 14.8. The fraction of sp³-hybridized carbons (Fsp3) is 0.667. The van der Waals surface area contributed by atoms with Gasteiger partial charge in [0.05, 0.1) is 10.7 Å². The van der Waals surface area contributed by atoms with Gasteiger partial charge in [0.25, 0.3) is 0 Å². The van der Waals surface area contributed by atoms with E-state index in [9.17, 15) is 0 Å². The van der Waals surface area contributed by atoms with Gasteiger partial charge in [-0.25, -0.2) is 0 Å². The molecular formula is C18H30ClN3O. The molecule has 5 N–H and O–H groups in total. The molecule has 0 bridgehead atoms. The molecule has 3 atom stereocenters. The molecule has 0 heterocycles. The second-order valence-corrected chi connectivity index (χ2v) is 6.88. The third-order valence-corrected chi connectivity index (χ3v) is 4.99. The lowest BCUT2D eigenvalue weighted by molar-refractivity contribution is 0.0248. The molecule has 0 amide bonds. The quantitative estimate of drug-likeness (QED) is 0.631. The number of halogens is 1. The summed E-state index contributed by atoms with van der Waals surface area (Å²) in [5.41, 5.74) is 13.6. The fourth-order valence-corrected chi connectivity index (χ4v) is 3.66. The molecule has 0 spiro atoms. The Morgan fingerprint density at radius 1 is 1.22 bits per heavy atom. The third-order valence-electron chi connectivity index (χ3n) is 4.66. The van der Waals surface area contributed by atoms with Crippen LogP contribution in [0, 0.1) is 5.92 Å². The first kappa shape index (κ1) is 18.5. The Kier molecular flexibility index (Phi) is 7.63. The lowest BCUT2D eigenvalue weighted by Gasteiger charge is -2.33. The molecule has 4 nitrogen and oxygen atoms in total. The number of benzene rings is 1. The highest BCUT2D eigenvalue weighted by Crippen LogP contribution is 2.28. The van der Waals surface area contributed by atoms with Gasteiger partial charge in [0, 0.05) is 12.6 Å². The fourth-order valence-electron chi connectivity index (χ4n) is 3.47. The number of rotatable bonds is 8. The average molecular weight is 340 g/mol. The summed E-state index contributed by atoms with van der Waals surface area (Å²) in [4.78, 5) is 0. The topological polar surface area (TPSA) is 73.3 Å². The lowest BCUT2D eigenvalue weighted by atomic mass is 9.83. The van der Waals surface area contributed by atoms with Crippen molar-refractivity contribution in [2.24, 2.45) is 17.4 Å². The molecule has 2 unspecified atom stereocenters. The maximum absolute atomic E-state index is 6.45. The van der Waals surface area contributed by atoms with Gasteiger partial charge in [0.15, 0.2) is 0 Å². The number of hydrogen-bond donors (Lipinski definition) is 3. The zero-order chi connectivity index (χ0) is 16.7. The number of nitrogens with two attached hydrogens (primary N) is 2. The Morgan fingerprint density at radius 3 is 2.57 bits per heavy atom. The van der Waals surface area contributed by atoms with Crippen molar-refractivity contribution >= 4 is 17.3 Å². The van der Waals surface area contributed by atoms with Gasteiger partial charge in [0.2, 0.25) is 0 Å². The normalized spacial score (nSPS) is 20.0. The monoisotopic (exact) mass is 339 g/mol. The standard InChI is InChI=1S/C18H30ClN3O/c1-2-23-17(15(20)12-13-8-4-3-5-9-13)18(21)22-16-11-7-6-10-14(16)19/h6-7,10-11,13,15,17-18,22H,2-5,8-9,12,20-21H2,1H3/t15-,17?,18?/m1/s1. The Morgan fingerprint density at radius 2 is 1.91 bits per heavy atom. The molecule has 1 fully saturated rings. The summed E-state index contributed by atoms with van der Waals surface area (Å²) in [6.07, 6.45) is 6.92. The molecule has 1 aromatic carbocycles. The maximum Gasteiger partial charge on any atom is 0.106 e. The van der Waals surface area contributed by atoms with Crippen molar-refractivity contribution in [2.45, 2.75) is 63.8 Å². The van der Waals surface area contributed by atoms with Gasteiger partial charge in [-0.3, -0.25) is 0 Å². The number of nitrogens with one attached hydrogen (secondary N) is 1. The molecule has 1 aliphatic carbocycles. The maximum atomic E-state index is 6.45. The molecule has 1 aliphatic rings. The third kappa shape index (κ3) is 5.64. The summed E-state index contributed by atoms with van der Waals surface area (Å²) in [5, 5.41) is 3.91. The number of para-hydroxylation sites is 1. The van der Waals surface area contributed by atoms with Crippen LogP contribution >= 0.6 is 11.6 Å². The van der Waals surface area contributed by atoms with Crippen molar-refractivity contribution in [3.8, 4) is 0 Å². The van der Waals surface area contributed by atoms with E-state index in [0.29, 0.717) is 17.5 Å². The van der Waals surface area contributed by atoms with Gasteiger partial charge >= 0.3 is 0 Å². The molecule has 2 rings (SSSR count). The van der Waals surface area contributed by atoms with E-state index >= 15 is 0 Å². The molecule has 5 heteroatoms. The summed E-state index contributed by atoms with van der Waals surface area (Å²) in [6, 6.07) is 7.52. The van der Waals surface area contributed by atoms with Crippen LogP contribution in [0.1, 0.15) is 45.4 Å². The van der Waals surface area contributed by atoms with E-state index in [1.165, 1.54) is 32.1 Å². The smallest absolute Gasteiger partial charge is 0.106 e. The van der Waals surface area contributed by atoms with E-state index in [1.54, 1.807) is 0 Å². The minimum Gasteiger partial charge on any atom is -0.373 e. The predicted molar refractivity (Wildman–Crippen MR) is 97.6 cm³/mol. The van der Waals surface area contributed by atoms with Crippen LogP contribution in [0.5, 0.6) is 0 Å². The van der Waals surface area contributed by atoms with Crippen LogP contribution in [-0.4, -0.2) is 24.9 Å². The average Bonchev–Trinajstić information content (AvgIpc) is 2.55. The van der Waals surface area contributed by atoms with Gasteiger partial charge in [-0.05, 0) is 31.4 Å². The summed E-state index contributed by atoms with van der Waals surface area (Å²) in [5.74, 6) is 0.703. The van der Waals surface area contributed by atoms with Crippen molar-refractivity contribution in [3.05, 3.63) is 29.3 Å². The minimum atomic E-state index is -0.381. The molecule has 1 saturated carbocycles. The van der Waals surface area contributed by atoms with Crippen LogP contribution in [0.4, 0.5) is 5.69 Å². The highest BCUT2D eigenvalue weighted by Gasteiger charge is 2.28. The first-order valence-electron chi connectivity index (χ1n) is 8.75. The van der Waals surface area contributed by atoms with Gasteiger partial charge in [-0.15, -0.1) is 0 Å². The molecule has 130 valence electrons. The molecule has 0 aliphatic heterocycles. The Balaban J connectivity index is 1.96. The first-order valence-corrected chi connectivity index (χ1v) is 9.13. The summed E-state index contributed by atoms with van der Waals surface area (Å²) < 4.78 is 5.86. The Labute approximate surface area is 144 Å². The summed E-state index contributed by atoms with van der Waals surface area (Å²) >= 11 is 6.20. The summed E-state index contributed by atoms with van der Waals surface area (Å²) in [7, 11) is 0. The predicted octanol–water partition coefficient (Wildman–Crippen LogP) is 3.74. The molecule has 0 aromatic heterocycles. The van der Waals surface area contributed by atoms with E-state index < -0.39 is 0 Å². The van der Waals surface area contributed by atoms with Gasteiger partial charge < -0.3 is 21.5 Å². The zero-order valence-electron chi connectivity index (χ0n) is 14.0. The van der Waals surface area contributed by atoms with Crippen molar-refractivity contribution in [1.82, 2.24) is 0 Å². The van der Waals surface area contributed by atoms with Gasteiger partial charge in [-0.1, -0.05) is 55.8 Å². The van der Waals surface area contributed by atoms with E-state index in [4.69, 9.17) is 27.8 Å². The van der Waals surface area contributed by atoms with Crippen molar-refractivity contribution in [1.29, 1.82) is 0 Å². The molecule has 0 radical (unpaired) electrons. The second kappa shape index (κ2) is 9.48. The molecular weight excluding hydrogens is 310 g/mol. The van der Waals surface area contributed by atoms with Crippen LogP contribution in [0.15, 0.2) is 24.3 Å². The van der Waals surface area contributed by atoms with Crippen LogP contribution in [0.25, 0.3) is 0 Å². The van der Waals surface area contributed by atoms with Crippen LogP contribution in [0.2, 0.25) is 5.02 Å². The number of ether oxygens (including phenoxy) is 1. The van der Waals surface area contributed by atoms with Crippen molar-refractivity contribution < 1.29 is 4.74 Å². The highest BCUT2D eigenvalue weighted by molar-refractivity contribution is 6.33. The van der Waals surface area contributed by atoms with Crippen molar-refractivity contribution in [3.63, 3.8) is 0 Å². The minimum absolute atomic E-state index is 0.0666. The largest absolute Gasteiger partial charge is 0.373 e. The molecule has 23 heavy (non-hydrogen) atoms. The second-order valence-electron chi connectivity index (χ2n) is 6.47. The van der Waals surface area contributed by atoms with Crippen LogP contribution in [-0.2, 0) is 4.74 Å². The van der Waals surface area contributed by atoms with Gasteiger partial charge in [0.1, 0.15) is 12.3 Å². The first-order chi connectivity index (χ1) is 11.1. The highest BCUT2D eigenvalue weighted by atomic mass is 35.5. The molecule has 0 saturated heterocycles.